The van der Waals surface area contributed by atoms with Gasteiger partial charge in [-0.2, -0.15) is 0 Å². The van der Waals surface area contributed by atoms with E-state index < -0.39 is 22.7 Å². The van der Waals surface area contributed by atoms with Gasteiger partial charge in [0.25, 0.3) is 0 Å². The number of nitrogens with zero attached hydrogens (tertiary/aromatic N) is 14. The molecule has 424 valence electrons. The van der Waals surface area contributed by atoms with E-state index in [1.54, 1.807) is 37.2 Å². The molecule has 0 fully saturated rings. The molecule has 10 N–H and O–H groups in total. The summed E-state index contributed by atoms with van der Waals surface area (Å²) >= 11 is 0. The quantitative estimate of drug-likeness (QED) is 0.0633. The number of fused-ring (bicyclic) bond motifs is 6. The van der Waals surface area contributed by atoms with Crippen LogP contribution in [-0.2, 0) is 61.6 Å². The van der Waals surface area contributed by atoms with Crippen molar-refractivity contribution in [3.8, 4) is 0 Å². The van der Waals surface area contributed by atoms with E-state index in [9.17, 15) is 0 Å². The fraction of sp³-hybridized carbons (Fsp3) is 0.133. The summed E-state index contributed by atoms with van der Waals surface area (Å²) in [6.07, 6.45) is 10.4. The van der Waals surface area contributed by atoms with Crippen LogP contribution in [0.15, 0.2) is 191 Å². The maximum atomic E-state index is 5.13. The van der Waals surface area contributed by atoms with Crippen molar-refractivity contribution in [3.63, 3.8) is 0 Å². The van der Waals surface area contributed by atoms with E-state index >= 15 is 0 Å². The first-order valence-electron chi connectivity index (χ1n) is 27.0. The van der Waals surface area contributed by atoms with Crippen LogP contribution in [0.1, 0.15) is 53.3 Å². The summed E-state index contributed by atoms with van der Waals surface area (Å²) in [4.78, 5) is 70.8. The molecule has 0 radical (unpaired) electrons. The molecule has 4 aromatic carbocycles. The van der Waals surface area contributed by atoms with Crippen LogP contribution in [0.2, 0.25) is 0 Å². The predicted octanol–water partition coefficient (Wildman–Crippen LogP) is 11.0. The number of aromatic amines is 4. The molecule has 26 heteroatoms. The standard InChI is InChI=1S/2C30H25N12.2Zn.6H2/c2*1-17-8-10-20-22(14-17)35-25(33-20)37-27-39-29(19-6-5-12-31-16-19)30(41-27,24-7-3-4-13-32-24)42-28(40-29)38-26-34-21-11-9-18(2)15-23(21)36-26;;;;;;;;/h2*3-16H,1-2H3,(H5-,33,34,35,36,37,38,39,40,41,42);;;6*1H/q2*-1;2*+2;;;;;;/t2*29-,30+;;;;;;;;. The number of hydrogen-bond acceptors (Lipinski definition) is 18. The first-order valence-corrected chi connectivity index (χ1v) is 27.0. The maximum Gasteiger partial charge on any atom is 2.00 e. The molecule has 0 spiro atoms. The van der Waals surface area contributed by atoms with Gasteiger partial charge in [0.2, 0.25) is 23.8 Å². The average molecular weight is 1250 g/mol. The molecule has 4 aliphatic rings. The molecule has 0 unspecified atom stereocenters. The van der Waals surface area contributed by atoms with E-state index in [2.05, 4.69) is 83.9 Å². The monoisotopic (exact) mass is 1250 g/mol. The Morgan fingerprint density at radius 3 is 1.08 bits per heavy atom. The van der Waals surface area contributed by atoms with Crippen molar-refractivity contribution in [2.45, 2.75) is 50.3 Å². The van der Waals surface area contributed by atoms with Gasteiger partial charge in [0.1, 0.15) is 11.9 Å². The van der Waals surface area contributed by atoms with Crippen molar-refractivity contribution in [2.24, 2.45) is 20.0 Å². The van der Waals surface area contributed by atoms with Crippen molar-refractivity contribution in [3.05, 3.63) is 226 Å². The van der Waals surface area contributed by atoms with Gasteiger partial charge < -0.3 is 61.8 Å². The summed E-state index contributed by atoms with van der Waals surface area (Å²) in [6, 6.07) is 43.2. The Hall–Kier alpha value is -10.3. The van der Waals surface area contributed by atoms with E-state index in [0.717, 1.165) is 77.5 Å². The third-order valence-corrected chi connectivity index (χ3v) is 14.9. The number of guanidine groups is 4. The molecule has 12 aromatic rings. The van der Waals surface area contributed by atoms with Crippen LogP contribution in [0.3, 0.4) is 0 Å². The van der Waals surface area contributed by atoms with Crippen LogP contribution in [0.4, 0.5) is 23.8 Å². The van der Waals surface area contributed by atoms with E-state index in [1.807, 2.05) is 149 Å². The predicted molar refractivity (Wildman–Crippen MR) is 337 cm³/mol. The maximum absolute atomic E-state index is 5.13. The van der Waals surface area contributed by atoms with E-state index in [1.165, 1.54) is 0 Å². The smallest absolute Gasteiger partial charge is 0.383 e. The van der Waals surface area contributed by atoms with Crippen molar-refractivity contribution in [2.75, 3.05) is 21.3 Å². The van der Waals surface area contributed by atoms with Gasteiger partial charge in [-0.15, -0.1) is 0 Å². The zero-order chi connectivity index (χ0) is 56.6. The summed E-state index contributed by atoms with van der Waals surface area (Å²) in [5.74, 6) is 3.69. The number of anilines is 4. The van der Waals surface area contributed by atoms with Crippen molar-refractivity contribution < 1.29 is 47.5 Å². The number of rotatable bonds is 8. The Morgan fingerprint density at radius 1 is 0.395 bits per heavy atom. The van der Waals surface area contributed by atoms with Gasteiger partial charge in [0, 0.05) is 68.8 Å². The van der Waals surface area contributed by atoms with Gasteiger partial charge >= 0.3 is 39.0 Å². The first kappa shape index (κ1) is 54.9. The average Bonchev–Trinajstić information content (AvgIpc) is 1.54. The number of benzene rings is 4. The summed E-state index contributed by atoms with van der Waals surface area (Å²) in [6.45, 7) is 8.17. The van der Waals surface area contributed by atoms with E-state index in [-0.39, 0.29) is 47.5 Å². The molecule has 4 atom stereocenters. The minimum absolute atomic E-state index is 0. The molecular weight excluding hydrogens is 1190 g/mol. The zero-order valence-electron chi connectivity index (χ0n) is 46.8. The van der Waals surface area contributed by atoms with Gasteiger partial charge in [0.05, 0.1) is 55.5 Å². The van der Waals surface area contributed by atoms with Gasteiger partial charge in [-0.1, -0.05) is 48.5 Å². The largest absolute Gasteiger partial charge is 2.00 e. The third-order valence-electron chi connectivity index (χ3n) is 14.9. The molecule has 4 aliphatic heterocycles. The van der Waals surface area contributed by atoms with Crippen LogP contribution in [0.5, 0.6) is 0 Å². The van der Waals surface area contributed by atoms with E-state index in [0.29, 0.717) is 59.0 Å². The SMILES string of the molecule is Cc1ccc2nc(NC3=N[C@]4(c5ccccn5)NC(Nc5nc6ccc(C)cc6[nH]5)=N[C@]4(c4cccnc4)[N-]3)[nH]c2c1.Cc1ccc2nc(NC3=N[C@]4(c5ccccn5)NC(Nc5nc6ccc(C)cc6[nH]5)=N[C@]4(c4cccnc4)[N-]3)[nH]c2c1.[HH].[HH].[HH].[HH].[HH].[HH].[Zn+2].[Zn+2]. The summed E-state index contributed by atoms with van der Waals surface area (Å²) in [5.41, 5.74) is 9.35. The number of aliphatic imine (C=N–C) groups is 4. The van der Waals surface area contributed by atoms with Crippen LogP contribution in [0, 0.1) is 27.7 Å². The minimum Gasteiger partial charge on any atom is -0.383 e. The Bertz CT molecular complexity index is 4100. The fourth-order valence-electron chi connectivity index (χ4n) is 11.1. The van der Waals surface area contributed by atoms with E-state index in [4.69, 9.17) is 50.5 Å². The third kappa shape index (κ3) is 9.38. The molecule has 0 saturated heterocycles. The van der Waals surface area contributed by atoms with Crippen molar-refractivity contribution in [1.29, 1.82) is 0 Å². The number of imidazole rings is 4. The van der Waals surface area contributed by atoms with Crippen LogP contribution >= 0.6 is 0 Å². The fourth-order valence-corrected chi connectivity index (χ4v) is 11.1. The molecule has 0 bridgehead atoms. The number of aryl methyl sites for hydroxylation is 4. The van der Waals surface area contributed by atoms with Gasteiger partial charge in [-0.25, -0.2) is 29.9 Å². The second-order valence-corrected chi connectivity index (χ2v) is 20.9. The normalized spacial score (nSPS) is 20.5. The van der Waals surface area contributed by atoms with Gasteiger partial charge in [-0.3, -0.25) is 30.6 Å². The summed E-state index contributed by atoms with van der Waals surface area (Å²) < 4.78 is 0. The molecular formula is C60H62N24Zn2+2. The molecule has 0 saturated carbocycles. The number of H-pyrrole nitrogens is 4. The number of nitrogens with one attached hydrogen (secondary N) is 10. The Morgan fingerprint density at radius 2 is 0.756 bits per heavy atom. The summed E-state index contributed by atoms with van der Waals surface area (Å²) in [5, 5.41) is 30.4. The minimum atomic E-state index is -1.27. The van der Waals surface area contributed by atoms with Gasteiger partial charge in [0.15, 0.2) is 22.7 Å². The Kier molecular flexibility index (Phi) is 13.7. The number of pyridine rings is 4. The first-order chi connectivity index (χ1) is 41.0. The molecule has 24 nitrogen and oxygen atoms in total. The molecule has 16 rings (SSSR count). The van der Waals surface area contributed by atoms with Crippen molar-refractivity contribution >= 4 is 91.8 Å². The molecule has 8 aromatic heterocycles. The second-order valence-electron chi connectivity index (χ2n) is 20.9. The van der Waals surface area contributed by atoms with Crippen LogP contribution in [0.25, 0.3) is 54.8 Å². The molecule has 0 aliphatic carbocycles. The number of hydrogen-bond donors (Lipinski definition) is 10. The topological polar surface area (TPSA) is 316 Å². The molecule has 0 amide bonds. The molecule has 86 heavy (non-hydrogen) atoms. The molecule has 12 heterocycles. The number of aromatic nitrogens is 12. The van der Waals surface area contributed by atoms with Crippen molar-refractivity contribution in [1.82, 2.24) is 70.4 Å². The summed E-state index contributed by atoms with van der Waals surface area (Å²) in [7, 11) is 0. The van der Waals surface area contributed by atoms with Gasteiger partial charge in [-0.05, 0) is 135 Å². The second kappa shape index (κ2) is 21.4. The Balaban J connectivity index is 0.000000240. The Labute approximate surface area is 524 Å². The van der Waals surface area contributed by atoms with Crippen LogP contribution in [-0.4, -0.2) is 83.6 Å². The zero-order valence-corrected chi connectivity index (χ0v) is 52.8. The van der Waals surface area contributed by atoms with Crippen LogP contribution < -0.4 is 31.9 Å².